The van der Waals surface area contributed by atoms with Crippen LogP contribution in [0.2, 0.25) is 0 Å². The lowest BCUT2D eigenvalue weighted by Crippen LogP contribution is -2.60. The number of nitrogens with zero attached hydrogens (tertiary/aromatic N) is 3. The molecular formula is C18H27N3O3. The lowest BCUT2D eigenvalue weighted by molar-refractivity contribution is -0.161. The zero-order valence-corrected chi connectivity index (χ0v) is 14.6. The predicted octanol–water partition coefficient (Wildman–Crippen LogP) is 0.962. The van der Waals surface area contributed by atoms with Crippen LogP contribution in [0.25, 0.3) is 0 Å². The Balaban J connectivity index is 1.67. The zero-order chi connectivity index (χ0) is 17.0. The summed E-state index contributed by atoms with van der Waals surface area (Å²) < 4.78 is 11.9. The van der Waals surface area contributed by atoms with E-state index in [9.17, 15) is 4.79 Å². The summed E-state index contributed by atoms with van der Waals surface area (Å²) in [5, 5.41) is 0. The first-order valence-electron chi connectivity index (χ1n) is 8.70. The summed E-state index contributed by atoms with van der Waals surface area (Å²) in [6.07, 6.45) is 3.86. The highest BCUT2D eigenvalue weighted by molar-refractivity contribution is 5.78. The van der Waals surface area contributed by atoms with Crippen molar-refractivity contribution in [2.24, 2.45) is 0 Å². The van der Waals surface area contributed by atoms with Crippen molar-refractivity contribution in [1.29, 1.82) is 0 Å². The molecule has 1 aromatic heterocycles. The van der Waals surface area contributed by atoms with E-state index in [-0.39, 0.29) is 5.91 Å². The van der Waals surface area contributed by atoms with Gasteiger partial charge in [0.1, 0.15) is 5.60 Å². The molecule has 0 aliphatic carbocycles. The molecular weight excluding hydrogens is 306 g/mol. The van der Waals surface area contributed by atoms with Crippen LogP contribution in [0.3, 0.4) is 0 Å². The maximum absolute atomic E-state index is 12.7. The molecule has 0 saturated carbocycles. The van der Waals surface area contributed by atoms with Crippen molar-refractivity contribution in [1.82, 2.24) is 14.8 Å². The second kappa shape index (κ2) is 7.59. The van der Waals surface area contributed by atoms with E-state index >= 15 is 0 Å². The van der Waals surface area contributed by atoms with Gasteiger partial charge in [0.15, 0.2) is 0 Å². The third-order valence-corrected chi connectivity index (χ3v) is 4.79. The first-order chi connectivity index (χ1) is 11.6. The molecule has 1 amide bonds. The molecule has 24 heavy (non-hydrogen) atoms. The number of hydrogen-bond acceptors (Lipinski definition) is 5. The molecule has 3 heterocycles. The monoisotopic (exact) mass is 333 g/mol. The van der Waals surface area contributed by atoms with Crippen LogP contribution in [0, 0.1) is 0 Å². The molecule has 1 spiro atoms. The summed E-state index contributed by atoms with van der Waals surface area (Å²) in [7, 11) is 0. The van der Waals surface area contributed by atoms with Gasteiger partial charge in [0.2, 0.25) is 5.91 Å². The zero-order valence-electron chi connectivity index (χ0n) is 14.6. The third kappa shape index (κ3) is 4.12. The molecule has 6 heteroatoms. The summed E-state index contributed by atoms with van der Waals surface area (Å²) in [6.45, 7) is 9.15. The van der Waals surface area contributed by atoms with E-state index in [0.29, 0.717) is 45.4 Å². The highest BCUT2D eigenvalue weighted by atomic mass is 16.5. The minimum Gasteiger partial charge on any atom is -0.377 e. The number of carbonyl (C=O) groups excluding carboxylic acids is 1. The van der Waals surface area contributed by atoms with E-state index in [1.807, 2.05) is 17.0 Å². The van der Waals surface area contributed by atoms with Crippen molar-refractivity contribution < 1.29 is 14.3 Å². The highest BCUT2D eigenvalue weighted by Crippen LogP contribution is 2.24. The molecule has 2 aliphatic heterocycles. The maximum atomic E-state index is 12.7. The lowest BCUT2D eigenvalue weighted by atomic mass is 10.0. The number of ether oxygens (including phenoxy) is 2. The van der Waals surface area contributed by atoms with Gasteiger partial charge in [-0.05, 0) is 25.5 Å². The normalized spacial score (nSPS) is 25.9. The van der Waals surface area contributed by atoms with Crippen LogP contribution >= 0.6 is 0 Å². The number of amides is 1. The van der Waals surface area contributed by atoms with Crippen LogP contribution in [0.4, 0.5) is 0 Å². The number of rotatable bonds is 3. The molecule has 3 rings (SSSR count). The predicted molar refractivity (Wildman–Crippen MR) is 90.7 cm³/mol. The Labute approximate surface area is 143 Å². The summed E-state index contributed by atoms with van der Waals surface area (Å²) in [5.41, 5.74) is 0.535. The second-order valence-corrected chi connectivity index (χ2v) is 7.00. The van der Waals surface area contributed by atoms with Crippen LogP contribution in [0.1, 0.15) is 19.4 Å². The van der Waals surface area contributed by atoms with Crippen molar-refractivity contribution in [3.63, 3.8) is 0 Å². The van der Waals surface area contributed by atoms with Gasteiger partial charge in [0, 0.05) is 38.1 Å². The molecule has 2 fully saturated rings. The first kappa shape index (κ1) is 17.3. The fourth-order valence-corrected chi connectivity index (χ4v) is 3.41. The Bertz CT molecular complexity index is 552. The van der Waals surface area contributed by atoms with Crippen molar-refractivity contribution in [3.05, 3.63) is 30.1 Å². The summed E-state index contributed by atoms with van der Waals surface area (Å²) in [6, 6.07) is 4.24. The van der Waals surface area contributed by atoms with E-state index in [2.05, 4.69) is 23.7 Å². The van der Waals surface area contributed by atoms with E-state index in [4.69, 9.17) is 9.47 Å². The highest BCUT2D eigenvalue weighted by Gasteiger charge is 2.41. The van der Waals surface area contributed by atoms with Crippen LogP contribution in [0.15, 0.2) is 24.5 Å². The average Bonchev–Trinajstić information content (AvgIpc) is 2.79. The Hall–Kier alpha value is -1.50. The quantitative estimate of drug-likeness (QED) is 0.825. The summed E-state index contributed by atoms with van der Waals surface area (Å²) in [5.74, 6) is 0.131. The number of aromatic nitrogens is 1. The van der Waals surface area contributed by atoms with Crippen LogP contribution < -0.4 is 0 Å². The Morgan fingerprint density at radius 2 is 2.21 bits per heavy atom. The molecule has 6 nitrogen and oxygen atoms in total. The molecule has 132 valence electrons. The van der Waals surface area contributed by atoms with Gasteiger partial charge >= 0.3 is 0 Å². The van der Waals surface area contributed by atoms with Gasteiger partial charge in [0.05, 0.1) is 32.8 Å². The molecule has 1 unspecified atom stereocenters. The van der Waals surface area contributed by atoms with Gasteiger partial charge in [-0.1, -0.05) is 6.07 Å². The Morgan fingerprint density at radius 1 is 1.33 bits per heavy atom. The van der Waals surface area contributed by atoms with E-state index < -0.39 is 5.60 Å². The van der Waals surface area contributed by atoms with Gasteiger partial charge in [-0.2, -0.15) is 0 Å². The van der Waals surface area contributed by atoms with Gasteiger partial charge in [-0.25, -0.2) is 0 Å². The van der Waals surface area contributed by atoms with Crippen molar-refractivity contribution >= 4 is 5.91 Å². The molecule has 2 saturated heterocycles. The molecule has 0 radical (unpaired) electrons. The topological polar surface area (TPSA) is 54.9 Å². The Kier molecular flexibility index (Phi) is 5.48. The fraction of sp³-hybridized carbons (Fsp3) is 0.667. The van der Waals surface area contributed by atoms with Crippen LogP contribution in [0.5, 0.6) is 0 Å². The molecule has 1 aromatic rings. The smallest absolute Gasteiger partial charge is 0.227 e. The lowest BCUT2D eigenvalue weighted by Gasteiger charge is -2.44. The van der Waals surface area contributed by atoms with Crippen LogP contribution in [-0.4, -0.2) is 78.3 Å². The van der Waals surface area contributed by atoms with E-state index in [1.165, 1.54) is 0 Å². The number of pyridine rings is 1. The summed E-state index contributed by atoms with van der Waals surface area (Å²) in [4.78, 5) is 21.1. The van der Waals surface area contributed by atoms with Crippen molar-refractivity contribution in [3.8, 4) is 0 Å². The van der Waals surface area contributed by atoms with Crippen molar-refractivity contribution in [2.75, 3.05) is 46.0 Å². The third-order valence-electron chi connectivity index (χ3n) is 4.79. The second-order valence-electron chi connectivity index (χ2n) is 7.00. The van der Waals surface area contributed by atoms with E-state index in [1.54, 1.807) is 12.4 Å². The molecule has 0 N–H and O–H groups in total. The molecule has 0 bridgehead atoms. The number of morpholine rings is 1. The SMILES string of the molecule is CC(C)N1CCOCC2(CN(C(=O)Cc3cccnc3)CCO2)C1. The van der Waals surface area contributed by atoms with Gasteiger partial charge in [-0.15, -0.1) is 0 Å². The minimum absolute atomic E-state index is 0.131. The van der Waals surface area contributed by atoms with Gasteiger partial charge < -0.3 is 14.4 Å². The average molecular weight is 333 g/mol. The Morgan fingerprint density at radius 3 is 2.96 bits per heavy atom. The summed E-state index contributed by atoms with van der Waals surface area (Å²) >= 11 is 0. The molecule has 2 aliphatic rings. The molecule has 1 atom stereocenters. The van der Waals surface area contributed by atoms with E-state index in [0.717, 1.165) is 18.7 Å². The maximum Gasteiger partial charge on any atom is 0.227 e. The van der Waals surface area contributed by atoms with Gasteiger partial charge in [0.25, 0.3) is 0 Å². The fourth-order valence-electron chi connectivity index (χ4n) is 3.41. The van der Waals surface area contributed by atoms with Gasteiger partial charge in [-0.3, -0.25) is 14.7 Å². The number of hydrogen-bond donors (Lipinski definition) is 0. The standard InChI is InChI=1S/C18H27N3O3/c1-15(2)20-6-8-23-14-18(12-20)13-21(7-9-24-18)17(22)10-16-4-3-5-19-11-16/h3-5,11,15H,6-10,12-14H2,1-2H3. The number of carbonyl (C=O) groups is 1. The van der Waals surface area contributed by atoms with Crippen LogP contribution in [-0.2, 0) is 20.7 Å². The first-order valence-corrected chi connectivity index (χ1v) is 8.70. The molecule has 0 aromatic carbocycles. The minimum atomic E-state index is -0.413. The van der Waals surface area contributed by atoms with Crippen molar-refractivity contribution in [2.45, 2.75) is 31.9 Å². The largest absolute Gasteiger partial charge is 0.377 e.